The van der Waals surface area contributed by atoms with Gasteiger partial charge in [0.15, 0.2) is 0 Å². The van der Waals surface area contributed by atoms with E-state index in [1.54, 1.807) is 20.3 Å². The molecule has 1 heterocycles. The summed E-state index contributed by atoms with van der Waals surface area (Å²) in [6.07, 6.45) is 4.88. The van der Waals surface area contributed by atoms with Gasteiger partial charge in [0, 0.05) is 0 Å². The van der Waals surface area contributed by atoms with Crippen LogP contribution < -0.4 is 5.30 Å². The van der Waals surface area contributed by atoms with Gasteiger partial charge in [-0.05, 0) is 22.3 Å². The maximum Gasteiger partial charge on any atom is -0.0183 e. The summed E-state index contributed by atoms with van der Waals surface area (Å²) in [7, 11) is 0. The molecular formula is C33H31PTi. The molecule has 0 radical (unpaired) electrons. The predicted octanol–water partition coefficient (Wildman–Crippen LogP) is 9.09. The third-order valence-electron chi connectivity index (χ3n) is 6.96. The van der Waals surface area contributed by atoms with Crippen LogP contribution in [-0.4, -0.2) is 0 Å². The van der Waals surface area contributed by atoms with Gasteiger partial charge in [-0.15, -0.1) is 0 Å². The van der Waals surface area contributed by atoms with Crippen LogP contribution in [0.4, 0.5) is 0 Å². The van der Waals surface area contributed by atoms with Crippen molar-refractivity contribution in [2.45, 2.75) is 13.7 Å². The molecule has 2 heteroatoms. The normalized spacial score (nSPS) is 16.9. The number of benzene rings is 4. The van der Waals surface area contributed by atoms with Crippen LogP contribution in [0.25, 0.3) is 17.2 Å². The van der Waals surface area contributed by atoms with Crippen LogP contribution in [-0.2, 0) is 16.1 Å². The molecule has 2 aliphatic rings. The second-order valence-corrected chi connectivity index (χ2v) is 21.5. The molecule has 1 fully saturated rings. The quantitative estimate of drug-likeness (QED) is 0.139. The molecule has 2 unspecified atom stereocenters. The van der Waals surface area contributed by atoms with E-state index in [2.05, 4.69) is 104 Å². The number of rotatable bonds is 6. The minimum absolute atomic E-state index is 0.828. The van der Waals surface area contributed by atoms with E-state index in [9.17, 15) is 0 Å². The Hall–Kier alpha value is -2.76. The maximum atomic E-state index is 4.10. The third-order valence-corrected chi connectivity index (χ3v) is 20.2. The van der Waals surface area contributed by atoms with E-state index in [-0.39, 0.29) is 0 Å². The maximum absolute atomic E-state index is 4.10. The summed E-state index contributed by atoms with van der Waals surface area (Å²) in [5.41, 5.74) is 7.30. The first kappa shape index (κ1) is 24.0. The van der Waals surface area contributed by atoms with Crippen molar-refractivity contribution in [1.82, 2.24) is 0 Å². The number of hydrogen-bond donors (Lipinski definition) is 0. The fraction of sp³-hybridized carbons (Fsp3) is 0.0909. The summed E-state index contributed by atoms with van der Waals surface area (Å²) >= 11 is -1.63. The van der Waals surface area contributed by atoms with Gasteiger partial charge in [-0.25, -0.2) is 0 Å². The topological polar surface area (TPSA) is 0 Å². The molecule has 0 amide bonds. The Morgan fingerprint density at radius 3 is 1.66 bits per heavy atom. The summed E-state index contributed by atoms with van der Waals surface area (Å²) in [5, 5.41) is 1.60. The van der Waals surface area contributed by atoms with Crippen molar-refractivity contribution in [1.29, 1.82) is 0 Å². The molecule has 4 aromatic rings. The van der Waals surface area contributed by atoms with Gasteiger partial charge in [-0.3, -0.25) is 0 Å². The number of allylic oxidation sites excluding steroid dienone is 3. The van der Waals surface area contributed by atoms with E-state index in [1.165, 1.54) is 5.56 Å². The Morgan fingerprint density at radius 2 is 1.11 bits per heavy atom. The van der Waals surface area contributed by atoms with Crippen LogP contribution in [0.5, 0.6) is 0 Å². The van der Waals surface area contributed by atoms with Crippen molar-refractivity contribution in [2.24, 2.45) is 0 Å². The fourth-order valence-corrected chi connectivity index (χ4v) is 19.9. The smallest absolute Gasteiger partial charge is 0.0183 e. The summed E-state index contributed by atoms with van der Waals surface area (Å²) in [5.74, 6) is 0. The largest absolute Gasteiger partial charge is 0.0906 e. The Labute approximate surface area is 214 Å². The average Bonchev–Trinajstić information content (AvgIpc) is 3.57. The second kappa shape index (κ2) is 10.9. The molecule has 6 rings (SSSR count). The van der Waals surface area contributed by atoms with Crippen LogP contribution in [0.3, 0.4) is 0 Å². The number of fused-ring (bicyclic) bond motifs is 1. The Balaban J connectivity index is 0.000000148. The molecule has 1 aliphatic carbocycles. The van der Waals surface area contributed by atoms with Crippen molar-refractivity contribution in [3.05, 3.63) is 157 Å². The fourth-order valence-electron chi connectivity index (χ4n) is 4.82. The molecule has 35 heavy (non-hydrogen) atoms. The third kappa shape index (κ3) is 5.57. The number of hydrogen-bond acceptors (Lipinski definition) is 0. The van der Waals surface area contributed by atoms with Crippen LogP contribution in [0.15, 0.2) is 134 Å². The zero-order valence-electron chi connectivity index (χ0n) is 20.0. The molecule has 1 saturated heterocycles. The van der Waals surface area contributed by atoms with Crippen molar-refractivity contribution in [3.63, 3.8) is 0 Å². The van der Waals surface area contributed by atoms with Gasteiger partial charge >= 0.3 is 119 Å². The van der Waals surface area contributed by atoms with Crippen LogP contribution >= 0.6 is 6.57 Å². The van der Waals surface area contributed by atoms with Crippen LogP contribution in [0, 0.1) is 0 Å². The molecular weight excluding hydrogens is 475 g/mol. The van der Waals surface area contributed by atoms with E-state index in [0.717, 1.165) is 33.1 Å². The van der Waals surface area contributed by atoms with E-state index in [0.29, 0.717) is 0 Å². The zero-order valence-corrected chi connectivity index (χ0v) is 22.6. The summed E-state index contributed by atoms with van der Waals surface area (Å²) < 4.78 is 3.96. The summed E-state index contributed by atoms with van der Waals surface area (Å²) in [4.78, 5) is 0. The van der Waals surface area contributed by atoms with Gasteiger partial charge in [0.1, 0.15) is 0 Å². The molecule has 2 atom stereocenters. The summed E-state index contributed by atoms with van der Waals surface area (Å²) in [6, 6.07) is 40.4. The minimum atomic E-state index is -1.63. The standard InChI is InChI=1S/C16H14.C9H7.C6H6P.C2H4.Ti/c1-13(15-9-5-3-6-10-15)14(2)16-11-7-4-8-12-16;1-2-5-9-7-3-6-8(9)4-1;7-6-4-2-1-3-5-6;1-2;/h3-12H,1-2H2;1-7H;1-5,7H;1-2H2;/q;;-1;;+1. The molecule has 172 valence electrons. The first-order valence-electron chi connectivity index (χ1n) is 12.3. The molecule has 0 N–H and O–H groups in total. The van der Waals surface area contributed by atoms with Gasteiger partial charge in [0.25, 0.3) is 0 Å². The summed E-state index contributed by atoms with van der Waals surface area (Å²) in [6.45, 7) is 9.33. The molecule has 1 aliphatic heterocycles. The van der Waals surface area contributed by atoms with Crippen LogP contribution in [0.2, 0.25) is 9.45 Å². The van der Waals surface area contributed by atoms with Gasteiger partial charge in [-0.2, -0.15) is 0 Å². The van der Waals surface area contributed by atoms with Crippen LogP contribution in [0.1, 0.15) is 26.5 Å². The molecule has 0 aromatic heterocycles. The minimum Gasteiger partial charge on any atom is -0.0906 e. The first-order chi connectivity index (χ1) is 17.2. The first-order valence-corrected chi connectivity index (χ1v) is 18.7. The predicted molar refractivity (Wildman–Crippen MR) is 153 cm³/mol. The Bertz CT molecular complexity index is 1290. The van der Waals surface area contributed by atoms with Crippen molar-refractivity contribution >= 4 is 29.1 Å². The SMILES string of the molecule is C1=C[CH]([Ti]2([PH]c3ccccc3)[CH2][CH2]2)c2ccccc21.C=C(C(=C)c1ccccc1)c1ccccc1. The molecule has 0 spiro atoms. The zero-order chi connectivity index (χ0) is 24.1. The Morgan fingerprint density at radius 1 is 0.629 bits per heavy atom. The van der Waals surface area contributed by atoms with Crippen molar-refractivity contribution in [2.75, 3.05) is 0 Å². The van der Waals surface area contributed by atoms with Gasteiger partial charge in [-0.1, -0.05) is 73.8 Å². The molecule has 0 saturated carbocycles. The van der Waals surface area contributed by atoms with Crippen molar-refractivity contribution < 1.29 is 16.1 Å². The van der Waals surface area contributed by atoms with E-state index in [4.69, 9.17) is 0 Å². The van der Waals surface area contributed by atoms with Gasteiger partial charge < -0.3 is 0 Å². The second-order valence-electron chi connectivity index (χ2n) is 9.30. The molecule has 0 nitrogen and oxygen atoms in total. The van der Waals surface area contributed by atoms with Crippen molar-refractivity contribution in [3.8, 4) is 0 Å². The monoisotopic (exact) mass is 506 g/mol. The Kier molecular flexibility index (Phi) is 7.45. The van der Waals surface area contributed by atoms with Gasteiger partial charge in [0.05, 0.1) is 0 Å². The van der Waals surface area contributed by atoms with E-state index in [1.807, 2.05) is 36.4 Å². The van der Waals surface area contributed by atoms with E-state index < -0.39 is 16.1 Å². The molecule has 4 aromatic carbocycles. The average molecular weight is 506 g/mol. The van der Waals surface area contributed by atoms with Gasteiger partial charge in [0.2, 0.25) is 0 Å². The van der Waals surface area contributed by atoms with E-state index >= 15 is 0 Å². The molecule has 0 bridgehead atoms.